The number of hydrogen-bond acceptors (Lipinski definition) is 5. The largest absolute Gasteiger partial charge is 0.491 e. The van der Waals surface area contributed by atoms with E-state index in [1.165, 1.54) is 0 Å². The third-order valence-corrected chi connectivity index (χ3v) is 5.71. The van der Waals surface area contributed by atoms with Gasteiger partial charge in [-0.2, -0.15) is 5.26 Å². The van der Waals surface area contributed by atoms with Gasteiger partial charge in [-0.1, -0.05) is 26.0 Å². The Labute approximate surface area is 168 Å². The first-order chi connectivity index (χ1) is 13.8. The third-order valence-electron chi connectivity index (χ3n) is 5.71. The van der Waals surface area contributed by atoms with Gasteiger partial charge in [-0.15, -0.1) is 0 Å². The molecule has 0 spiro atoms. The van der Waals surface area contributed by atoms with Gasteiger partial charge in [0.05, 0.1) is 29.3 Å². The van der Waals surface area contributed by atoms with Crippen LogP contribution >= 0.6 is 0 Å². The van der Waals surface area contributed by atoms with Gasteiger partial charge < -0.3 is 19.5 Å². The maximum absolute atomic E-state index is 13.5. The van der Waals surface area contributed by atoms with Crippen molar-refractivity contribution in [2.24, 2.45) is 7.05 Å². The number of ether oxygens (including phenoxy) is 1. The normalized spacial score (nSPS) is 15.5. The van der Waals surface area contributed by atoms with Crippen LogP contribution in [0.25, 0.3) is 10.9 Å². The minimum Gasteiger partial charge on any atom is -0.491 e. The molecular weight excluding hydrogens is 368 g/mol. The molecular formula is C23H22N2O4. The summed E-state index contributed by atoms with van der Waals surface area (Å²) in [4.78, 5) is 13.5. The minimum absolute atomic E-state index is 0.0523. The lowest BCUT2D eigenvalue weighted by Gasteiger charge is -2.33. The highest BCUT2D eigenvalue weighted by molar-refractivity contribution is 6.20. The van der Waals surface area contributed by atoms with E-state index in [4.69, 9.17) is 9.84 Å². The smallest absolute Gasteiger partial charge is 0.195 e. The maximum Gasteiger partial charge on any atom is 0.195 e. The van der Waals surface area contributed by atoms with E-state index < -0.39 is 11.5 Å². The van der Waals surface area contributed by atoms with Crippen LogP contribution in [-0.2, 0) is 12.5 Å². The maximum atomic E-state index is 13.5. The Morgan fingerprint density at radius 2 is 2.00 bits per heavy atom. The fourth-order valence-electron chi connectivity index (χ4n) is 4.32. The van der Waals surface area contributed by atoms with Gasteiger partial charge in [-0.05, 0) is 29.8 Å². The summed E-state index contributed by atoms with van der Waals surface area (Å²) in [6, 6.07) is 12.9. The van der Waals surface area contributed by atoms with E-state index in [0.717, 1.165) is 22.2 Å². The van der Waals surface area contributed by atoms with Crippen molar-refractivity contribution in [3.63, 3.8) is 0 Å². The van der Waals surface area contributed by atoms with E-state index in [2.05, 4.69) is 19.9 Å². The summed E-state index contributed by atoms with van der Waals surface area (Å²) in [7, 11) is 1.93. The average molecular weight is 390 g/mol. The molecule has 1 unspecified atom stereocenters. The van der Waals surface area contributed by atoms with Crippen molar-refractivity contribution in [3.8, 4) is 11.8 Å². The number of carbonyl (C=O) groups excluding carboxylic acids is 1. The van der Waals surface area contributed by atoms with Crippen LogP contribution < -0.4 is 4.74 Å². The molecule has 0 bridgehead atoms. The molecule has 2 N–H and O–H groups in total. The minimum atomic E-state index is -0.975. The van der Waals surface area contributed by atoms with Crippen molar-refractivity contribution >= 4 is 16.7 Å². The van der Waals surface area contributed by atoms with Gasteiger partial charge in [0.1, 0.15) is 18.5 Å². The highest BCUT2D eigenvalue weighted by atomic mass is 16.5. The van der Waals surface area contributed by atoms with Crippen LogP contribution in [0.4, 0.5) is 0 Å². The van der Waals surface area contributed by atoms with Crippen molar-refractivity contribution in [3.05, 3.63) is 64.3 Å². The molecule has 2 aromatic carbocycles. The number of fused-ring (bicyclic) bond motifs is 4. The van der Waals surface area contributed by atoms with Crippen molar-refractivity contribution < 1.29 is 19.7 Å². The van der Waals surface area contributed by atoms with Gasteiger partial charge in [0, 0.05) is 29.1 Å². The van der Waals surface area contributed by atoms with Crippen LogP contribution in [0, 0.1) is 11.3 Å². The van der Waals surface area contributed by atoms with Gasteiger partial charge >= 0.3 is 0 Å². The van der Waals surface area contributed by atoms with Crippen molar-refractivity contribution in [1.29, 1.82) is 5.26 Å². The predicted octanol–water partition coefficient (Wildman–Crippen LogP) is 2.65. The molecule has 4 rings (SSSR count). The molecule has 1 aromatic heterocycles. The number of ketones is 1. The summed E-state index contributed by atoms with van der Waals surface area (Å²) in [6.07, 6.45) is -0.975. The zero-order chi connectivity index (χ0) is 20.9. The lowest BCUT2D eigenvalue weighted by molar-refractivity contribution is 0.0535. The Morgan fingerprint density at radius 1 is 1.24 bits per heavy atom. The predicted molar refractivity (Wildman–Crippen MR) is 108 cm³/mol. The topological polar surface area (TPSA) is 95.5 Å². The number of aromatic nitrogens is 1. The molecule has 0 amide bonds. The zero-order valence-electron chi connectivity index (χ0n) is 16.6. The molecule has 148 valence electrons. The Bertz CT molecular complexity index is 1180. The monoisotopic (exact) mass is 390 g/mol. The quantitative estimate of drug-likeness (QED) is 0.714. The number of nitrogens with zero attached hydrogens (tertiary/aromatic N) is 2. The zero-order valence-corrected chi connectivity index (χ0v) is 16.6. The molecule has 0 radical (unpaired) electrons. The van der Waals surface area contributed by atoms with Gasteiger partial charge in [-0.3, -0.25) is 4.79 Å². The molecule has 1 atom stereocenters. The number of hydrogen-bond donors (Lipinski definition) is 2. The molecule has 6 heteroatoms. The molecule has 0 fully saturated rings. The van der Waals surface area contributed by atoms with E-state index in [1.807, 2.05) is 29.8 Å². The second-order valence-electron chi connectivity index (χ2n) is 7.94. The van der Waals surface area contributed by atoms with E-state index in [1.54, 1.807) is 18.2 Å². The van der Waals surface area contributed by atoms with Crippen molar-refractivity contribution in [2.45, 2.75) is 25.4 Å². The van der Waals surface area contributed by atoms with Crippen molar-refractivity contribution in [1.82, 2.24) is 4.57 Å². The number of benzene rings is 2. The number of rotatable bonds is 4. The summed E-state index contributed by atoms with van der Waals surface area (Å²) in [6.45, 7) is 3.72. The number of aliphatic hydroxyl groups is 2. The van der Waals surface area contributed by atoms with Gasteiger partial charge in [0.25, 0.3) is 0 Å². The summed E-state index contributed by atoms with van der Waals surface area (Å²) < 4.78 is 7.56. The Balaban J connectivity index is 1.88. The molecule has 1 heterocycles. The Kier molecular flexibility index (Phi) is 4.45. The van der Waals surface area contributed by atoms with E-state index in [0.29, 0.717) is 22.4 Å². The lowest BCUT2D eigenvalue weighted by Crippen LogP contribution is -2.32. The first-order valence-electron chi connectivity index (χ1n) is 9.43. The Hall–Kier alpha value is -3.14. The standard InChI is InChI=1S/C23H22N2O4/c1-23(2)18-7-5-15(29-12-14(27)11-26)9-17(18)21(28)20-16-6-4-13(10-24)8-19(16)25(3)22(20)23/h4-9,14,26-27H,11-12H2,1-3H3. The Morgan fingerprint density at radius 3 is 2.69 bits per heavy atom. The highest BCUT2D eigenvalue weighted by Gasteiger charge is 2.41. The fraction of sp³-hybridized carbons (Fsp3) is 0.304. The number of aliphatic hydroxyl groups excluding tert-OH is 2. The van der Waals surface area contributed by atoms with Crippen LogP contribution in [0.5, 0.6) is 5.75 Å². The number of nitriles is 1. The van der Waals surface area contributed by atoms with Gasteiger partial charge in [-0.25, -0.2) is 0 Å². The first-order valence-corrected chi connectivity index (χ1v) is 9.43. The highest BCUT2D eigenvalue weighted by Crippen LogP contribution is 2.45. The number of aryl methyl sites for hydroxylation is 1. The van der Waals surface area contributed by atoms with Crippen LogP contribution in [-0.4, -0.2) is 39.9 Å². The van der Waals surface area contributed by atoms with Crippen LogP contribution in [0.3, 0.4) is 0 Å². The molecule has 29 heavy (non-hydrogen) atoms. The van der Waals surface area contributed by atoms with Crippen LogP contribution in [0.2, 0.25) is 0 Å². The number of carbonyl (C=O) groups is 1. The van der Waals surface area contributed by atoms with Gasteiger partial charge in [0.2, 0.25) is 0 Å². The molecule has 0 saturated carbocycles. The van der Waals surface area contributed by atoms with Crippen LogP contribution in [0.15, 0.2) is 36.4 Å². The molecule has 1 aliphatic carbocycles. The van der Waals surface area contributed by atoms with E-state index in [-0.39, 0.29) is 19.0 Å². The molecule has 3 aromatic rings. The summed E-state index contributed by atoms with van der Waals surface area (Å²) in [5.41, 5.74) is 4.01. The molecule has 0 saturated heterocycles. The second kappa shape index (κ2) is 6.73. The van der Waals surface area contributed by atoms with Crippen LogP contribution in [0.1, 0.15) is 46.6 Å². The molecule has 0 aliphatic heterocycles. The summed E-state index contributed by atoms with van der Waals surface area (Å²) >= 11 is 0. The first kappa shape index (κ1) is 19.2. The SMILES string of the molecule is Cn1c2c(c3ccc(C#N)cc31)C(=O)c1cc(OCC(O)CO)ccc1C2(C)C. The van der Waals surface area contributed by atoms with Gasteiger partial charge in [0.15, 0.2) is 5.78 Å². The third kappa shape index (κ3) is 2.82. The second-order valence-corrected chi connectivity index (χ2v) is 7.94. The molecule has 1 aliphatic rings. The van der Waals surface area contributed by atoms with E-state index >= 15 is 0 Å². The van der Waals surface area contributed by atoms with E-state index in [9.17, 15) is 15.2 Å². The summed E-state index contributed by atoms with van der Waals surface area (Å²) in [5, 5.41) is 28.6. The van der Waals surface area contributed by atoms with Crippen molar-refractivity contribution in [2.75, 3.05) is 13.2 Å². The summed E-state index contributed by atoms with van der Waals surface area (Å²) in [5.74, 6) is 0.383. The lowest BCUT2D eigenvalue weighted by atomic mass is 9.71. The fourth-order valence-corrected chi connectivity index (χ4v) is 4.32. The average Bonchev–Trinajstić information content (AvgIpc) is 3.03. The molecule has 6 nitrogen and oxygen atoms in total.